The molecule has 2 aromatic heterocycles. The molecule has 5 nitrogen and oxygen atoms in total. The molecule has 0 aliphatic carbocycles. The van der Waals surface area contributed by atoms with Crippen molar-refractivity contribution in [1.29, 1.82) is 0 Å². The van der Waals surface area contributed by atoms with Crippen LogP contribution in [-0.2, 0) is 11.3 Å². The van der Waals surface area contributed by atoms with Gasteiger partial charge in [0.2, 0.25) is 5.91 Å². The first kappa shape index (κ1) is 13.5. The van der Waals surface area contributed by atoms with Crippen LogP contribution in [0, 0.1) is 6.92 Å². The summed E-state index contributed by atoms with van der Waals surface area (Å²) in [6, 6.07) is 7.09. The highest BCUT2D eigenvalue weighted by atomic mass is 32.1. The fourth-order valence-corrected chi connectivity index (χ4v) is 2.37. The minimum absolute atomic E-state index is 0.0377. The summed E-state index contributed by atoms with van der Waals surface area (Å²) < 4.78 is 1.20. The van der Waals surface area contributed by atoms with Crippen molar-refractivity contribution in [2.24, 2.45) is 0 Å². The van der Waals surface area contributed by atoms with E-state index in [-0.39, 0.29) is 18.0 Å². The Morgan fingerprint density at radius 2 is 2.05 bits per heavy atom. The highest BCUT2D eigenvalue weighted by Crippen LogP contribution is 2.24. The van der Waals surface area contributed by atoms with Gasteiger partial charge in [-0.2, -0.15) is 5.10 Å². The van der Waals surface area contributed by atoms with Crippen LogP contribution in [0.5, 0.6) is 0 Å². The summed E-state index contributed by atoms with van der Waals surface area (Å²) in [5.41, 5.74) is 0.441. The van der Waals surface area contributed by atoms with Crippen LogP contribution in [-0.4, -0.2) is 34.7 Å². The number of hydrogen-bond acceptors (Lipinski definition) is 4. The Hall–Kier alpha value is -1.95. The van der Waals surface area contributed by atoms with Crippen LogP contribution in [0.1, 0.15) is 4.88 Å². The molecule has 0 aliphatic rings. The summed E-state index contributed by atoms with van der Waals surface area (Å²) in [5.74, 6) is -0.158. The number of aryl methyl sites for hydroxylation is 1. The van der Waals surface area contributed by atoms with E-state index in [0.717, 1.165) is 4.88 Å². The predicted molar refractivity (Wildman–Crippen MR) is 75.2 cm³/mol. The largest absolute Gasteiger partial charge is 0.347 e. The fourth-order valence-electron chi connectivity index (χ4n) is 1.54. The molecule has 0 saturated heterocycles. The van der Waals surface area contributed by atoms with Crippen molar-refractivity contribution in [2.75, 3.05) is 14.1 Å². The van der Waals surface area contributed by atoms with Crippen LogP contribution in [0.4, 0.5) is 0 Å². The van der Waals surface area contributed by atoms with E-state index < -0.39 is 0 Å². The van der Waals surface area contributed by atoms with E-state index in [0.29, 0.717) is 5.69 Å². The molecule has 1 amide bonds. The molecular formula is C13H15N3O2S. The number of carbonyl (C=O) groups excluding carboxylic acids is 1. The van der Waals surface area contributed by atoms with Gasteiger partial charge in [0.15, 0.2) is 0 Å². The average molecular weight is 277 g/mol. The molecule has 19 heavy (non-hydrogen) atoms. The van der Waals surface area contributed by atoms with Gasteiger partial charge < -0.3 is 4.90 Å². The number of thiophene rings is 1. The standard InChI is InChI=1S/C13H15N3O2S/c1-9-4-6-11(19-9)10-5-7-12(17)16(14-10)8-13(18)15(2)3/h4-7H,8H2,1-3H3. The Morgan fingerprint density at radius 1 is 1.32 bits per heavy atom. The lowest BCUT2D eigenvalue weighted by atomic mass is 10.3. The Kier molecular flexibility index (Phi) is 3.80. The van der Waals surface area contributed by atoms with E-state index in [1.807, 2.05) is 19.1 Å². The summed E-state index contributed by atoms with van der Waals surface area (Å²) in [7, 11) is 3.31. The summed E-state index contributed by atoms with van der Waals surface area (Å²) in [4.78, 5) is 27.0. The topological polar surface area (TPSA) is 55.2 Å². The van der Waals surface area contributed by atoms with Crippen molar-refractivity contribution in [3.8, 4) is 10.6 Å². The maximum atomic E-state index is 11.7. The van der Waals surface area contributed by atoms with Crippen molar-refractivity contribution < 1.29 is 4.79 Å². The highest BCUT2D eigenvalue weighted by Gasteiger charge is 2.10. The Bertz CT molecular complexity index is 658. The molecule has 2 aromatic rings. The Balaban J connectivity index is 2.35. The molecule has 0 spiro atoms. The van der Waals surface area contributed by atoms with E-state index in [2.05, 4.69) is 5.10 Å². The molecule has 0 N–H and O–H groups in total. The van der Waals surface area contributed by atoms with Crippen molar-refractivity contribution in [3.63, 3.8) is 0 Å². The first-order valence-corrected chi connectivity index (χ1v) is 6.64. The van der Waals surface area contributed by atoms with Gasteiger partial charge in [-0.3, -0.25) is 9.59 Å². The highest BCUT2D eigenvalue weighted by molar-refractivity contribution is 7.15. The third-order valence-corrected chi connectivity index (χ3v) is 3.67. The van der Waals surface area contributed by atoms with E-state index >= 15 is 0 Å². The zero-order valence-corrected chi connectivity index (χ0v) is 11.9. The van der Waals surface area contributed by atoms with Crippen molar-refractivity contribution in [3.05, 3.63) is 39.5 Å². The quantitative estimate of drug-likeness (QED) is 0.851. The minimum Gasteiger partial charge on any atom is -0.347 e. The first-order valence-electron chi connectivity index (χ1n) is 5.82. The molecule has 0 aliphatic heterocycles. The molecule has 0 saturated carbocycles. The number of rotatable bonds is 3. The number of carbonyl (C=O) groups is 1. The fraction of sp³-hybridized carbons (Fsp3) is 0.308. The van der Waals surface area contributed by atoms with Crippen molar-refractivity contribution in [2.45, 2.75) is 13.5 Å². The van der Waals surface area contributed by atoms with Gasteiger partial charge in [-0.15, -0.1) is 11.3 Å². The lowest BCUT2D eigenvalue weighted by Crippen LogP contribution is -2.32. The average Bonchev–Trinajstić information content (AvgIpc) is 2.78. The molecule has 100 valence electrons. The summed E-state index contributed by atoms with van der Waals surface area (Å²) in [6.07, 6.45) is 0. The smallest absolute Gasteiger partial charge is 0.267 e. The van der Waals surface area contributed by atoms with Crippen LogP contribution in [0.25, 0.3) is 10.6 Å². The lowest BCUT2D eigenvalue weighted by Gasteiger charge is -2.11. The maximum Gasteiger partial charge on any atom is 0.267 e. The van der Waals surface area contributed by atoms with E-state index in [1.54, 1.807) is 31.5 Å². The van der Waals surface area contributed by atoms with E-state index in [4.69, 9.17) is 0 Å². The van der Waals surface area contributed by atoms with Gasteiger partial charge >= 0.3 is 0 Å². The molecule has 6 heteroatoms. The minimum atomic E-state index is -0.271. The second kappa shape index (κ2) is 5.36. The van der Waals surface area contributed by atoms with Crippen LogP contribution >= 0.6 is 11.3 Å². The molecule has 2 rings (SSSR count). The van der Waals surface area contributed by atoms with Gasteiger partial charge in [-0.05, 0) is 25.1 Å². The molecule has 0 fully saturated rings. The first-order chi connectivity index (χ1) is 8.97. The van der Waals surface area contributed by atoms with Crippen LogP contribution in [0.15, 0.2) is 29.1 Å². The maximum absolute atomic E-state index is 11.7. The zero-order valence-electron chi connectivity index (χ0n) is 11.1. The summed E-state index contributed by atoms with van der Waals surface area (Å²) in [6.45, 7) is 1.98. The predicted octanol–water partition coefficient (Wildman–Crippen LogP) is 1.37. The molecule has 0 aromatic carbocycles. The van der Waals surface area contributed by atoms with Gasteiger partial charge in [0.1, 0.15) is 12.2 Å². The van der Waals surface area contributed by atoms with Gasteiger partial charge in [0, 0.05) is 25.0 Å². The second-order valence-corrected chi connectivity index (χ2v) is 5.70. The van der Waals surface area contributed by atoms with Crippen LogP contribution in [0.3, 0.4) is 0 Å². The van der Waals surface area contributed by atoms with Gasteiger partial charge in [-0.25, -0.2) is 4.68 Å². The monoisotopic (exact) mass is 277 g/mol. The van der Waals surface area contributed by atoms with Crippen LogP contribution in [0.2, 0.25) is 0 Å². The Labute approximate surface area is 115 Å². The zero-order chi connectivity index (χ0) is 14.0. The number of nitrogens with zero attached hydrogens (tertiary/aromatic N) is 3. The number of likely N-dealkylation sites (N-methyl/N-ethyl adjacent to an activating group) is 1. The summed E-state index contributed by atoms with van der Waals surface area (Å²) in [5, 5.41) is 4.25. The molecular weight excluding hydrogens is 262 g/mol. The van der Waals surface area contributed by atoms with E-state index in [9.17, 15) is 9.59 Å². The number of hydrogen-bond donors (Lipinski definition) is 0. The van der Waals surface area contributed by atoms with Gasteiger partial charge in [-0.1, -0.05) is 0 Å². The number of aromatic nitrogens is 2. The van der Waals surface area contributed by atoms with Crippen molar-refractivity contribution in [1.82, 2.24) is 14.7 Å². The van der Waals surface area contributed by atoms with Gasteiger partial charge in [0.25, 0.3) is 5.56 Å². The lowest BCUT2D eigenvalue weighted by molar-refractivity contribution is -0.129. The van der Waals surface area contributed by atoms with Gasteiger partial charge in [0.05, 0.1) is 4.88 Å². The third kappa shape index (κ3) is 3.08. The number of amides is 1. The molecule has 0 unspecified atom stereocenters. The molecule has 0 atom stereocenters. The SMILES string of the molecule is Cc1ccc(-c2ccc(=O)n(CC(=O)N(C)C)n2)s1. The second-order valence-electron chi connectivity index (χ2n) is 4.41. The summed E-state index contributed by atoms with van der Waals surface area (Å²) >= 11 is 1.61. The van der Waals surface area contributed by atoms with Crippen molar-refractivity contribution >= 4 is 17.2 Å². The van der Waals surface area contributed by atoms with E-state index in [1.165, 1.54) is 20.5 Å². The molecule has 0 radical (unpaired) electrons. The Morgan fingerprint density at radius 3 is 2.63 bits per heavy atom. The molecule has 0 bridgehead atoms. The molecule has 2 heterocycles. The normalized spacial score (nSPS) is 10.5. The van der Waals surface area contributed by atoms with Crippen LogP contribution < -0.4 is 5.56 Å². The third-order valence-electron chi connectivity index (χ3n) is 2.64.